The van der Waals surface area contributed by atoms with Gasteiger partial charge in [-0.1, -0.05) is 24.3 Å². The molecule has 0 aromatic heterocycles. The van der Waals surface area contributed by atoms with Crippen molar-refractivity contribution in [3.8, 4) is 0 Å². The molecule has 2 aliphatic rings. The van der Waals surface area contributed by atoms with Crippen molar-refractivity contribution in [2.45, 2.75) is 51.0 Å². The Balaban J connectivity index is 1.58. The zero-order chi connectivity index (χ0) is 20.9. The van der Waals surface area contributed by atoms with Gasteiger partial charge in [0.1, 0.15) is 0 Å². The van der Waals surface area contributed by atoms with Crippen LogP contribution in [0.5, 0.6) is 0 Å². The van der Waals surface area contributed by atoms with Crippen molar-refractivity contribution in [2.24, 2.45) is 17.8 Å². The van der Waals surface area contributed by atoms with Gasteiger partial charge >= 0.3 is 5.97 Å². The van der Waals surface area contributed by atoms with Crippen LogP contribution in [0.4, 0.5) is 0 Å². The maximum absolute atomic E-state index is 12.7. The fraction of sp³-hybridized carbons (Fsp3) is 0.500. The number of benzene rings is 1. The van der Waals surface area contributed by atoms with E-state index in [0.29, 0.717) is 24.2 Å². The molecule has 29 heavy (non-hydrogen) atoms. The fourth-order valence-corrected chi connectivity index (χ4v) is 6.17. The molecule has 4 unspecified atom stereocenters. The molecular weight excluding hydrogens is 501 g/mol. The Hall–Kier alpha value is -1.19. The van der Waals surface area contributed by atoms with Gasteiger partial charge in [0, 0.05) is 21.4 Å². The molecular formula is C22H28INO4S. The number of allylic oxidation sites excluding steroid dienone is 2. The summed E-state index contributed by atoms with van der Waals surface area (Å²) in [5.41, 5.74) is 0.865. The van der Waals surface area contributed by atoms with Crippen LogP contribution in [0.1, 0.15) is 50.5 Å². The largest absolute Gasteiger partial charge is 0.481 e. The van der Waals surface area contributed by atoms with E-state index in [1.54, 1.807) is 6.08 Å². The van der Waals surface area contributed by atoms with E-state index in [1.165, 1.54) is 11.8 Å². The van der Waals surface area contributed by atoms with E-state index >= 15 is 0 Å². The fourth-order valence-electron chi connectivity index (χ4n) is 4.65. The molecule has 4 atom stereocenters. The minimum Gasteiger partial charge on any atom is -0.481 e. The molecule has 5 nitrogen and oxygen atoms in total. The molecule has 2 N–H and O–H groups in total. The Bertz CT molecular complexity index is 863. The normalized spacial score (nSPS) is 26.7. The zero-order valence-corrected chi connectivity index (χ0v) is 19.3. The van der Waals surface area contributed by atoms with E-state index in [0.717, 1.165) is 34.8 Å². The summed E-state index contributed by atoms with van der Waals surface area (Å²) in [6.07, 6.45) is 11.6. The van der Waals surface area contributed by atoms with Gasteiger partial charge in [-0.2, -0.15) is 0 Å². The molecule has 0 saturated heterocycles. The second-order valence-electron chi connectivity index (χ2n) is 8.03. The van der Waals surface area contributed by atoms with Gasteiger partial charge in [-0.3, -0.25) is 4.79 Å². The van der Waals surface area contributed by atoms with E-state index < -0.39 is 16.0 Å². The molecule has 2 aliphatic carbocycles. The third-order valence-corrected chi connectivity index (χ3v) is 7.85. The molecule has 0 aliphatic heterocycles. The summed E-state index contributed by atoms with van der Waals surface area (Å²) in [6, 6.07) is 7.71. The number of rotatable bonds is 10. The third-order valence-electron chi connectivity index (χ3n) is 6.03. The lowest BCUT2D eigenvalue weighted by Crippen LogP contribution is -2.43. The van der Waals surface area contributed by atoms with Gasteiger partial charge in [0.25, 0.3) is 0 Å². The van der Waals surface area contributed by atoms with E-state index in [1.807, 2.05) is 30.3 Å². The highest BCUT2D eigenvalue weighted by molar-refractivity contribution is 14.1. The average Bonchev–Trinajstić information content (AvgIpc) is 3.26. The summed E-state index contributed by atoms with van der Waals surface area (Å²) in [7, 11) is -3.50. The number of carboxylic acid groups (broad SMARTS) is 1. The number of carbonyl (C=O) groups is 1. The first-order valence-corrected chi connectivity index (χ1v) is 12.8. The molecule has 0 heterocycles. The topological polar surface area (TPSA) is 83.5 Å². The van der Waals surface area contributed by atoms with Crippen LogP contribution >= 0.6 is 22.6 Å². The van der Waals surface area contributed by atoms with Crippen molar-refractivity contribution in [1.82, 2.24) is 4.72 Å². The first-order valence-electron chi connectivity index (χ1n) is 10.2. The van der Waals surface area contributed by atoms with Crippen LogP contribution in [0.15, 0.2) is 41.8 Å². The van der Waals surface area contributed by atoms with Gasteiger partial charge in [-0.05, 0) is 103 Å². The molecule has 0 radical (unpaired) electrons. The Morgan fingerprint density at radius 1 is 1.17 bits per heavy atom. The van der Waals surface area contributed by atoms with Crippen LogP contribution in [-0.4, -0.2) is 25.5 Å². The quantitative estimate of drug-likeness (QED) is 0.259. The second-order valence-corrected chi connectivity index (χ2v) is 10.9. The van der Waals surface area contributed by atoms with E-state index in [2.05, 4.69) is 33.4 Å². The highest BCUT2D eigenvalue weighted by atomic mass is 127. The molecule has 1 aromatic carbocycles. The van der Waals surface area contributed by atoms with Crippen LogP contribution in [0.3, 0.4) is 0 Å². The SMILES string of the molecule is O=C(O)CCCC=CCC1C2CCC(C2)C1NS(=O)(=O)C=Cc1ccc(I)cc1. The van der Waals surface area contributed by atoms with E-state index in [9.17, 15) is 13.2 Å². The minimum atomic E-state index is -3.50. The number of halogens is 1. The summed E-state index contributed by atoms with van der Waals surface area (Å²) >= 11 is 2.22. The first-order chi connectivity index (χ1) is 13.8. The van der Waals surface area contributed by atoms with Gasteiger partial charge in [0.15, 0.2) is 0 Å². The summed E-state index contributed by atoms with van der Waals surface area (Å²) in [5, 5.41) is 9.97. The number of aliphatic carboxylic acids is 1. The van der Waals surface area contributed by atoms with Gasteiger partial charge in [-0.25, -0.2) is 13.1 Å². The zero-order valence-electron chi connectivity index (χ0n) is 16.3. The Labute approximate surface area is 186 Å². The highest BCUT2D eigenvalue weighted by Crippen LogP contribution is 2.50. The summed E-state index contributed by atoms with van der Waals surface area (Å²) in [6.45, 7) is 0. The van der Waals surface area contributed by atoms with E-state index in [4.69, 9.17) is 5.11 Å². The smallest absolute Gasteiger partial charge is 0.303 e. The third kappa shape index (κ3) is 6.65. The number of nitrogens with one attached hydrogen (secondary N) is 1. The summed E-state index contributed by atoms with van der Waals surface area (Å²) in [5.74, 6) is 0.564. The lowest BCUT2D eigenvalue weighted by molar-refractivity contribution is -0.137. The molecule has 7 heteroatoms. The second kappa shape index (κ2) is 10.2. The van der Waals surface area contributed by atoms with Crippen molar-refractivity contribution in [3.63, 3.8) is 0 Å². The number of sulfonamides is 1. The lowest BCUT2D eigenvalue weighted by Gasteiger charge is -2.30. The number of carboxylic acids is 1. The van der Waals surface area contributed by atoms with Crippen LogP contribution < -0.4 is 4.72 Å². The average molecular weight is 529 g/mol. The molecule has 0 amide bonds. The van der Waals surface area contributed by atoms with Crippen molar-refractivity contribution < 1.29 is 18.3 Å². The maximum Gasteiger partial charge on any atom is 0.303 e. The van der Waals surface area contributed by atoms with Crippen LogP contribution in [0.25, 0.3) is 6.08 Å². The van der Waals surface area contributed by atoms with Gasteiger partial charge in [0.05, 0.1) is 0 Å². The number of unbranched alkanes of at least 4 members (excludes halogenated alkanes) is 1. The predicted octanol–water partition coefficient (Wildman–Crippen LogP) is 4.80. The Morgan fingerprint density at radius 2 is 1.90 bits per heavy atom. The van der Waals surface area contributed by atoms with Gasteiger partial charge in [-0.15, -0.1) is 0 Å². The van der Waals surface area contributed by atoms with Gasteiger partial charge < -0.3 is 5.11 Å². The molecule has 2 saturated carbocycles. The molecule has 3 rings (SSSR count). The van der Waals surface area contributed by atoms with E-state index in [-0.39, 0.29) is 12.5 Å². The highest BCUT2D eigenvalue weighted by Gasteiger charge is 2.47. The van der Waals surface area contributed by atoms with Crippen molar-refractivity contribution in [3.05, 3.63) is 51.0 Å². The number of hydrogen-bond acceptors (Lipinski definition) is 3. The lowest BCUT2D eigenvalue weighted by atomic mass is 9.83. The minimum absolute atomic E-state index is 0.0104. The summed E-state index contributed by atoms with van der Waals surface area (Å²) in [4.78, 5) is 10.6. The number of fused-ring (bicyclic) bond motifs is 2. The van der Waals surface area contributed by atoms with Crippen molar-refractivity contribution in [1.29, 1.82) is 0 Å². The molecule has 158 valence electrons. The predicted molar refractivity (Wildman–Crippen MR) is 124 cm³/mol. The first kappa shape index (κ1) is 22.5. The molecule has 2 bridgehead atoms. The van der Waals surface area contributed by atoms with Crippen LogP contribution in [0, 0.1) is 21.3 Å². The van der Waals surface area contributed by atoms with Crippen molar-refractivity contribution >= 4 is 44.7 Å². The van der Waals surface area contributed by atoms with Crippen LogP contribution in [-0.2, 0) is 14.8 Å². The maximum atomic E-state index is 12.7. The Morgan fingerprint density at radius 3 is 2.62 bits per heavy atom. The standard InChI is InChI=1S/C22H28INO4S/c23-19-11-7-16(8-12-19)13-14-29(27,28)24-22-18-10-9-17(15-18)20(22)5-3-1-2-4-6-21(25)26/h1,3,7-8,11-14,17-18,20,22,24H,2,4-6,9-10,15H2,(H,25,26). The van der Waals surface area contributed by atoms with Gasteiger partial charge in [0.2, 0.25) is 10.0 Å². The molecule has 0 spiro atoms. The Kier molecular flexibility index (Phi) is 7.92. The monoisotopic (exact) mass is 529 g/mol. The molecule has 1 aromatic rings. The number of hydrogen-bond donors (Lipinski definition) is 2. The molecule has 2 fully saturated rings. The summed E-state index contributed by atoms with van der Waals surface area (Å²) < 4.78 is 29.4. The van der Waals surface area contributed by atoms with Crippen molar-refractivity contribution in [2.75, 3.05) is 0 Å². The van der Waals surface area contributed by atoms with Crippen LogP contribution in [0.2, 0.25) is 0 Å².